The Morgan fingerprint density at radius 2 is 1.94 bits per heavy atom. The van der Waals surface area contributed by atoms with E-state index in [0.717, 1.165) is 5.56 Å². The second-order valence-corrected chi connectivity index (χ2v) is 4.10. The Balaban J connectivity index is 2.92. The summed E-state index contributed by atoms with van der Waals surface area (Å²) in [6.45, 7) is 1.94. The molecule has 1 rings (SSSR count). The first kappa shape index (κ1) is 14.3. The molecule has 0 aromatic heterocycles. The van der Waals surface area contributed by atoms with Crippen LogP contribution in [0.15, 0.2) is 18.2 Å². The molecule has 1 N–H and O–H groups in total. The molecule has 5 heteroatoms. The van der Waals surface area contributed by atoms with Crippen LogP contribution in [0.25, 0.3) is 0 Å². The zero-order valence-corrected chi connectivity index (χ0v) is 11.1. The number of aliphatic carboxylic acids is 1. The number of hydrogen-bond acceptors (Lipinski definition) is 4. The minimum atomic E-state index is -0.843. The van der Waals surface area contributed by atoms with Crippen LogP contribution in [-0.2, 0) is 4.79 Å². The normalized spacial score (nSPS) is 12.3. The first-order chi connectivity index (χ1) is 8.49. The molecule has 5 nitrogen and oxygen atoms in total. The monoisotopic (exact) mass is 253 g/mol. The highest BCUT2D eigenvalue weighted by atomic mass is 16.5. The molecule has 1 aromatic rings. The third kappa shape index (κ3) is 3.37. The quantitative estimate of drug-likeness (QED) is 0.837. The number of likely N-dealkylation sites (N-methyl/N-ethyl adjacent to an activating group) is 1. The number of carboxylic acids is 1. The summed E-state index contributed by atoms with van der Waals surface area (Å²) in [6, 6.07) is 5.58. The average Bonchev–Trinajstić information content (AvgIpc) is 2.36. The summed E-state index contributed by atoms with van der Waals surface area (Å²) in [4.78, 5) is 12.4. The second kappa shape index (κ2) is 6.26. The molecule has 1 atom stereocenters. The number of rotatable bonds is 6. The molecule has 0 amide bonds. The molecular formula is C13H19NO4. The first-order valence-corrected chi connectivity index (χ1v) is 5.63. The van der Waals surface area contributed by atoms with Gasteiger partial charge in [-0.2, -0.15) is 0 Å². The van der Waals surface area contributed by atoms with Crippen molar-refractivity contribution in [3.63, 3.8) is 0 Å². The fraction of sp³-hybridized carbons (Fsp3) is 0.462. The van der Waals surface area contributed by atoms with Crippen LogP contribution in [0.2, 0.25) is 0 Å². The summed E-state index contributed by atoms with van der Waals surface area (Å²) >= 11 is 0. The lowest BCUT2D eigenvalue weighted by atomic mass is 10.1. The number of hydrogen-bond donors (Lipinski definition) is 1. The standard InChI is InChI=1S/C13H19NO4/c1-9(14(2)8-13(15)16)10-5-6-11(17-3)12(7-10)18-4/h5-7,9H,8H2,1-4H3,(H,15,16). The minimum Gasteiger partial charge on any atom is -0.493 e. The van der Waals surface area contributed by atoms with Crippen molar-refractivity contribution >= 4 is 5.97 Å². The smallest absolute Gasteiger partial charge is 0.317 e. The van der Waals surface area contributed by atoms with Crippen LogP contribution >= 0.6 is 0 Å². The molecule has 0 aliphatic rings. The second-order valence-electron chi connectivity index (χ2n) is 4.10. The van der Waals surface area contributed by atoms with E-state index in [0.29, 0.717) is 11.5 Å². The molecule has 0 bridgehead atoms. The highest BCUT2D eigenvalue weighted by Crippen LogP contribution is 2.31. The predicted octanol–water partition coefficient (Wildman–Crippen LogP) is 1.78. The molecule has 0 heterocycles. The topological polar surface area (TPSA) is 59.0 Å². The van der Waals surface area contributed by atoms with Crippen molar-refractivity contribution in [2.24, 2.45) is 0 Å². The van der Waals surface area contributed by atoms with E-state index in [1.807, 2.05) is 25.1 Å². The summed E-state index contributed by atoms with van der Waals surface area (Å²) < 4.78 is 10.4. The third-order valence-corrected chi connectivity index (χ3v) is 2.94. The van der Waals surface area contributed by atoms with Gasteiger partial charge in [0.15, 0.2) is 11.5 Å². The van der Waals surface area contributed by atoms with Gasteiger partial charge in [-0.05, 0) is 31.7 Å². The molecule has 1 unspecified atom stereocenters. The van der Waals surface area contributed by atoms with Crippen molar-refractivity contribution in [3.8, 4) is 11.5 Å². The SMILES string of the molecule is COc1ccc(C(C)N(C)CC(=O)O)cc1OC. The van der Waals surface area contributed by atoms with E-state index in [-0.39, 0.29) is 12.6 Å². The lowest BCUT2D eigenvalue weighted by Gasteiger charge is -2.23. The van der Waals surface area contributed by atoms with E-state index in [4.69, 9.17) is 14.6 Å². The number of methoxy groups -OCH3 is 2. The number of nitrogens with zero attached hydrogens (tertiary/aromatic N) is 1. The van der Waals surface area contributed by atoms with Gasteiger partial charge in [0.05, 0.1) is 20.8 Å². The Kier molecular flexibility index (Phi) is 4.97. The van der Waals surface area contributed by atoms with Gasteiger partial charge in [0.2, 0.25) is 0 Å². The Morgan fingerprint density at radius 1 is 1.33 bits per heavy atom. The number of carbonyl (C=O) groups is 1. The van der Waals surface area contributed by atoms with Gasteiger partial charge in [0.1, 0.15) is 0 Å². The Morgan fingerprint density at radius 3 is 2.44 bits per heavy atom. The summed E-state index contributed by atoms with van der Waals surface area (Å²) in [7, 11) is 4.93. The van der Waals surface area contributed by atoms with Crippen molar-refractivity contribution in [3.05, 3.63) is 23.8 Å². The van der Waals surface area contributed by atoms with Crippen molar-refractivity contribution < 1.29 is 19.4 Å². The van der Waals surface area contributed by atoms with E-state index in [1.165, 1.54) is 0 Å². The highest BCUT2D eigenvalue weighted by Gasteiger charge is 2.16. The van der Waals surface area contributed by atoms with Gasteiger partial charge in [0, 0.05) is 6.04 Å². The largest absolute Gasteiger partial charge is 0.493 e. The van der Waals surface area contributed by atoms with Gasteiger partial charge in [-0.25, -0.2) is 0 Å². The molecule has 0 spiro atoms. The fourth-order valence-electron chi connectivity index (χ4n) is 1.72. The lowest BCUT2D eigenvalue weighted by molar-refractivity contribution is -0.138. The van der Waals surface area contributed by atoms with Crippen molar-refractivity contribution in [1.29, 1.82) is 0 Å². The molecule has 100 valence electrons. The molecule has 0 aliphatic heterocycles. The van der Waals surface area contributed by atoms with Crippen LogP contribution < -0.4 is 9.47 Å². The maximum Gasteiger partial charge on any atom is 0.317 e. The number of carboxylic acid groups (broad SMARTS) is 1. The Hall–Kier alpha value is -1.75. The maximum atomic E-state index is 10.7. The summed E-state index contributed by atoms with van der Waals surface area (Å²) in [5, 5.41) is 8.78. The average molecular weight is 253 g/mol. The number of benzene rings is 1. The molecule has 0 saturated heterocycles. The van der Waals surface area contributed by atoms with Crippen LogP contribution in [-0.4, -0.2) is 43.8 Å². The lowest BCUT2D eigenvalue weighted by Crippen LogP contribution is -2.28. The van der Waals surface area contributed by atoms with E-state index < -0.39 is 5.97 Å². The van der Waals surface area contributed by atoms with Gasteiger partial charge in [-0.15, -0.1) is 0 Å². The minimum absolute atomic E-state index is 0.00445. The summed E-state index contributed by atoms with van der Waals surface area (Å²) in [5.41, 5.74) is 0.983. The van der Waals surface area contributed by atoms with Gasteiger partial charge in [0.25, 0.3) is 0 Å². The molecular weight excluding hydrogens is 234 g/mol. The Labute approximate surface area is 107 Å². The maximum absolute atomic E-state index is 10.7. The Bertz CT molecular complexity index is 419. The van der Waals surface area contributed by atoms with Crippen LogP contribution in [0.3, 0.4) is 0 Å². The van der Waals surface area contributed by atoms with Crippen molar-refractivity contribution in [1.82, 2.24) is 4.90 Å². The first-order valence-electron chi connectivity index (χ1n) is 5.63. The van der Waals surface area contributed by atoms with Gasteiger partial charge in [-0.1, -0.05) is 6.07 Å². The van der Waals surface area contributed by atoms with E-state index in [2.05, 4.69) is 0 Å². The summed E-state index contributed by atoms with van der Waals surface area (Å²) in [6.07, 6.45) is 0. The van der Waals surface area contributed by atoms with E-state index in [9.17, 15) is 4.79 Å². The van der Waals surface area contributed by atoms with Crippen LogP contribution in [0.1, 0.15) is 18.5 Å². The van der Waals surface area contributed by atoms with Gasteiger partial charge in [-0.3, -0.25) is 9.69 Å². The molecule has 18 heavy (non-hydrogen) atoms. The van der Waals surface area contributed by atoms with Gasteiger partial charge < -0.3 is 14.6 Å². The van der Waals surface area contributed by atoms with Crippen LogP contribution in [0.5, 0.6) is 11.5 Å². The van der Waals surface area contributed by atoms with Gasteiger partial charge >= 0.3 is 5.97 Å². The highest BCUT2D eigenvalue weighted by molar-refractivity contribution is 5.69. The number of ether oxygens (including phenoxy) is 2. The fourth-order valence-corrected chi connectivity index (χ4v) is 1.72. The van der Waals surface area contributed by atoms with Crippen LogP contribution in [0.4, 0.5) is 0 Å². The molecule has 0 saturated carbocycles. The third-order valence-electron chi connectivity index (χ3n) is 2.94. The molecule has 0 aliphatic carbocycles. The van der Waals surface area contributed by atoms with E-state index >= 15 is 0 Å². The summed E-state index contributed by atoms with van der Waals surface area (Å²) in [5.74, 6) is 0.463. The zero-order valence-electron chi connectivity index (χ0n) is 11.1. The predicted molar refractivity (Wildman–Crippen MR) is 68.2 cm³/mol. The van der Waals surface area contributed by atoms with Crippen LogP contribution in [0, 0.1) is 0 Å². The molecule has 0 fully saturated rings. The molecule has 1 aromatic carbocycles. The van der Waals surface area contributed by atoms with Crippen molar-refractivity contribution in [2.75, 3.05) is 27.8 Å². The van der Waals surface area contributed by atoms with Crippen molar-refractivity contribution in [2.45, 2.75) is 13.0 Å². The zero-order chi connectivity index (χ0) is 13.7. The van der Waals surface area contributed by atoms with E-state index in [1.54, 1.807) is 26.2 Å². The molecule has 0 radical (unpaired) electrons.